The molecule has 0 saturated heterocycles. The van der Waals surface area contributed by atoms with Crippen LogP contribution in [-0.4, -0.2) is 32.6 Å². The van der Waals surface area contributed by atoms with E-state index in [1.165, 1.54) is 6.20 Å². The summed E-state index contributed by atoms with van der Waals surface area (Å²) in [6.07, 6.45) is 1.43. The number of H-pyrrole nitrogens is 1. The maximum absolute atomic E-state index is 11.9. The van der Waals surface area contributed by atoms with Crippen molar-refractivity contribution in [1.29, 1.82) is 5.26 Å². The van der Waals surface area contributed by atoms with Crippen LogP contribution in [0.3, 0.4) is 0 Å². The summed E-state index contributed by atoms with van der Waals surface area (Å²) >= 11 is 0. The summed E-state index contributed by atoms with van der Waals surface area (Å²) < 4.78 is 4.73. The molecule has 2 N–H and O–H groups in total. The molecule has 1 aromatic heterocycles. The normalized spacial score (nSPS) is 13.5. The molecule has 25 heavy (non-hydrogen) atoms. The third kappa shape index (κ3) is 2.29. The summed E-state index contributed by atoms with van der Waals surface area (Å²) in [4.78, 5) is 23.8. The third-order valence-electron chi connectivity index (χ3n) is 3.74. The maximum atomic E-state index is 11.9. The van der Waals surface area contributed by atoms with Gasteiger partial charge in [0.05, 0.1) is 11.1 Å². The van der Waals surface area contributed by atoms with Crippen molar-refractivity contribution < 1.29 is 14.3 Å². The minimum atomic E-state index is -0.680. The number of aromatic amines is 1. The Morgan fingerprint density at radius 1 is 1.20 bits per heavy atom. The average Bonchev–Trinajstić information content (AvgIpc) is 3.15. The lowest BCUT2D eigenvalue weighted by Crippen LogP contribution is -2.19. The fourth-order valence-corrected chi connectivity index (χ4v) is 2.64. The van der Waals surface area contributed by atoms with Crippen LogP contribution in [-0.2, 0) is 4.74 Å². The first-order valence-electron chi connectivity index (χ1n) is 7.12. The van der Waals surface area contributed by atoms with Gasteiger partial charge in [0, 0.05) is 22.7 Å². The van der Waals surface area contributed by atoms with Crippen LogP contribution in [0.5, 0.6) is 0 Å². The van der Waals surface area contributed by atoms with Gasteiger partial charge in [-0.05, 0) is 23.4 Å². The van der Waals surface area contributed by atoms with Crippen LogP contribution in [0.2, 0.25) is 0 Å². The highest BCUT2D eigenvalue weighted by Crippen LogP contribution is 2.33. The molecule has 0 radical (unpaired) electrons. The Morgan fingerprint density at radius 3 is 2.72 bits per heavy atom. The fraction of sp³-hybridized carbons (Fsp3) is 0. The number of rotatable bonds is 3. The van der Waals surface area contributed by atoms with Gasteiger partial charge in [0.15, 0.2) is 0 Å². The third-order valence-corrected chi connectivity index (χ3v) is 3.74. The Hall–Kier alpha value is -4.06. The molecule has 120 valence electrons. The second-order valence-electron chi connectivity index (χ2n) is 5.12. The molecule has 0 unspecified atom stereocenters. The first-order chi connectivity index (χ1) is 12.2. The molecule has 4 rings (SSSR count). The van der Waals surface area contributed by atoms with E-state index in [2.05, 4.69) is 25.9 Å². The van der Waals surface area contributed by atoms with Crippen molar-refractivity contribution in [2.24, 2.45) is 0 Å². The molecule has 0 spiro atoms. The molecule has 0 fully saturated rings. The van der Waals surface area contributed by atoms with Crippen LogP contribution in [0.4, 0.5) is 5.69 Å². The SMILES string of the molecule is N#CC(=CNc1ccc2c3c(cccc13)C(=O)OC2=O)c1nn[nH]n1. The topological polar surface area (TPSA) is 134 Å². The van der Waals surface area contributed by atoms with Gasteiger partial charge in [-0.2, -0.15) is 10.5 Å². The van der Waals surface area contributed by atoms with Crippen molar-refractivity contribution in [3.05, 3.63) is 53.5 Å². The van der Waals surface area contributed by atoms with Crippen LogP contribution in [0.1, 0.15) is 26.5 Å². The second kappa shape index (κ2) is 5.54. The summed E-state index contributed by atoms with van der Waals surface area (Å²) in [5.74, 6) is -1.21. The first-order valence-corrected chi connectivity index (χ1v) is 7.12. The van der Waals surface area contributed by atoms with E-state index in [4.69, 9.17) is 4.74 Å². The van der Waals surface area contributed by atoms with Gasteiger partial charge in [-0.1, -0.05) is 12.1 Å². The van der Waals surface area contributed by atoms with E-state index >= 15 is 0 Å². The predicted molar refractivity (Wildman–Crippen MR) is 85.1 cm³/mol. The van der Waals surface area contributed by atoms with Gasteiger partial charge < -0.3 is 10.1 Å². The van der Waals surface area contributed by atoms with Gasteiger partial charge in [0.25, 0.3) is 0 Å². The van der Waals surface area contributed by atoms with E-state index in [0.29, 0.717) is 27.6 Å². The zero-order valence-corrected chi connectivity index (χ0v) is 12.5. The molecule has 9 heteroatoms. The molecule has 0 atom stereocenters. The molecule has 9 nitrogen and oxygen atoms in total. The molecular formula is C16H8N6O3. The van der Waals surface area contributed by atoms with Gasteiger partial charge in [-0.15, -0.1) is 10.2 Å². The van der Waals surface area contributed by atoms with E-state index in [0.717, 1.165) is 0 Å². The van der Waals surface area contributed by atoms with Crippen LogP contribution in [0.25, 0.3) is 16.3 Å². The Balaban J connectivity index is 1.83. The smallest absolute Gasteiger partial charge is 0.346 e. The lowest BCUT2D eigenvalue weighted by atomic mass is 9.96. The van der Waals surface area contributed by atoms with E-state index in [1.54, 1.807) is 30.3 Å². The minimum Gasteiger partial charge on any atom is -0.386 e. The number of anilines is 1. The summed E-state index contributed by atoms with van der Waals surface area (Å²) in [7, 11) is 0. The first kappa shape index (κ1) is 14.5. The Bertz CT molecular complexity index is 1070. The number of tetrazole rings is 1. The number of benzene rings is 2. The Morgan fingerprint density at radius 2 is 2.00 bits per heavy atom. The van der Waals surface area contributed by atoms with E-state index < -0.39 is 11.9 Å². The quantitative estimate of drug-likeness (QED) is 0.420. The number of aromatic nitrogens is 4. The number of nitrogens with one attached hydrogen (secondary N) is 2. The molecule has 0 amide bonds. The van der Waals surface area contributed by atoms with Crippen LogP contribution in [0.15, 0.2) is 36.5 Å². The van der Waals surface area contributed by atoms with Crippen molar-refractivity contribution in [2.45, 2.75) is 0 Å². The van der Waals surface area contributed by atoms with Crippen LogP contribution >= 0.6 is 0 Å². The number of carbonyl (C=O) groups is 2. The van der Waals surface area contributed by atoms with Gasteiger partial charge in [0.1, 0.15) is 11.6 Å². The standard InChI is InChI=1S/C16H8N6O3/c17-6-8(14-19-21-22-20-14)7-18-12-5-4-11-13-9(12)2-1-3-10(13)15(23)25-16(11)24/h1-5,7,18H,(H,19,20,21,22). The minimum absolute atomic E-state index is 0.150. The summed E-state index contributed by atoms with van der Waals surface area (Å²) in [5.41, 5.74) is 1.42. The number of hydrogen-bond donors (Lipinski definition) is 2. The molecule has 1 aliphatic heterocycles. The number of nitriles is 1. The van der Waals surface area contributed by atoms with Gasteiger partial charge in [-0.3, -0.25) is 0 Å². The number of ether oxygens (including phenoxy) is 1. The zero-order valence-electron chi connectivity index (χ0n) is 12.5. The zero-order chi connectivity index (χ0) is 17.4. The van der Waals surface area contributed by atoms with Gasteiger partial charge in [0.2, 0.25) is 5.82 Å². The van der Waals surface area contributed by atoms with Crippen molar-refractivity contribution in [3.63, 3.8) is 0 Å². The molecule has 2 heterocycles. The van der Waals surface area contributed by atoms with E-state index in [1.807, 2.05) is 6.07 Å². The molecule has 1 aliphatic rings. The van der Waals surface area contributed by atoms with E-state index in [9.17, 15) is 14.9 Å². The Kier molecular flexibility index (Phi) is 3.22. The van der Waals surface area contributed by atoms with Gasteiger partial charge in [-0.25, -0.2) is 9.59 Å². The molecule has 0 bridgehead atoms. The maximum Gasteiger partial charge on any atom is 0.346 e. The van der Waals surface area contributed by atoms with Gasteiger partial charge >= 0.3 is 11.9 Å². The van der Waals surface area contributed by atoms with Crippen molar-refractivity contribution in [1.82, 2.24) is 20.6 Å². The summed E-state index contributed by atoms with van der Waals surface area (Å²) in [6, 6.07) is 10.3. The van der Waals surface area contributed by atoms with Crippen LogP contribution in [0, 0.1) is 11.3 Å². The highest BCUT2D eigenvalue weighted by molar-refractivity contribution is 6.22. The summed E-state index contributed by atoms with van der Waals surface area (Å²) in [6.45, 7) is 0. The van der Waals surface area contributed by atoms with E-state index in [-0.39, 0.29) is 11.4 Å². The number of carbonyl (C=O) groups excluding carboxylic acids is 2. The molecule has 0 saturated carbocycles. The molecule has 0 aliphatic carbocycles. The van der Waals surface area contributed by atoms with Crippen molar-refractivity contribution in [2.75, 3.05) is 5.32 Å². The van der Waals surface area contributed by atoms with Crippen molar-refractivity contribution >= 4 is 34.0 Å². The molecule has 2 aromatic carbocycles. The number of nitrogens with zero attached hydrogens (tertiary/aromatic N) is 4. The average molecular weight is 332 g/mol. The lowest BCUT2D eigenvalue weighted by Gasteiger charge is -2.17. The predicted octanol–water partition coefficient (Wildman–Crippen LogP) is 1.64. The monoisotopic (exact) mass is 332 g/mol. The largest absolute Gasteiger partial charge is 0.386 e. The highest BCUT2D eigenvalue weighted by atomic mass is 16.6. The number of esters is 2. The number of allylic oxidation sites excluding steroid dienone is 1. The van der Waals surface area contributed by atoms with Crippen molar-refractivity contribution in [3.8, 4) is 6.07 Å². The summed E-state index contributed by atoms with van der Waals surface area (Å²) in [5, 5.41) is 26.5. The number of cyclic esters (lactones) is 2. The lowest BCUT2D eigenvalue weighted by molar-refractivity contribution is 0.0391. The molecular weight excluding hydrogens is 324 g/mol. The molecule has 3 aromatic rings. The fourth-order valence-electron chi connectivity index (χ4n) is 2.64. The van der Waals surface area contributed by atoms with Crippen LogP contribution < -0.4 is 5.32 Å². The second-order valence-corrected chi connectivity index (χ2v) is 5.12. The Labute approximate surface area is 139 Å². The number of hydrogen-bond acceptors (Lipinski definition) is 8. The highest BCUT2D eigenvalue weighted by Gasteiger charge is 2.27.